The van der Waals surface area contributed by atoms with Crippen LogP contribution in [0.25, 0.3) is 0 Å². The van der Waals surface area contributed by atoms with Crippen LogP contribution in [0.2, 0.25) is 0 Å². The Morgan fingerprint density at radius 1 is 0.538 bits per heavy atom. The van der Waals surface area contributed by atoms with E-state index in [1.807, 2.05) is 0 Å². The topological polar surface area (TPSA) is 76.1 Å². The normalized spacial score (nSPS) is 12.2. The van der Waals surface area contributed by atoms with Gasteiger partial charge in [0.05, 0.1) is 19.1 Å². The van der Waals surface area contributed by atoms with E-state index in [1.165, 1.54) is 87.9 Å². The van der Waals surface area contributed by atoms with E-state index >= 15 is 0 Å². The van der Waals surface area contributed by atoms with Crippen LogP contribution < -0.4 is 0 Å². The second-order valence-corrected chi connectivity index (χ2v) is 18.5. The zero-order valence-electron chi connectivity index (χ0n) is 34.3. The molecule has 1 atom stereocenters. The first-order valence-corrected chi connectivity index (χ1v) is 25.6. The summed E-state index contributed by atoms with van der Waals surface area (Å²) < 4.78 is 12.7. The van der Waals surface area contributed by atoms with Gasteiger partial charge in [-0.1, -0.05) is 146 Å². The highest BCUT2D eigenvalue weighted by Crippen LogP contribution is 2.28. The highest BCUT2D eigenvalue weighted by molar-refractivity contribution is 14.1. The van der Waals surface area contributed by atoms with Crippen LogP contribution in [-0.4, -0.2) is 81.9 Å². The summed E-state index contributed by atoms with van der Waals surface area (Å²) in [4.78, 5) is 28.3. The Balaban J connectivity index is 4.33. The second kappa shape index (κ2) is 42.4. The van der Waals surface area contributed by atoms with Crippen LogP contribution in [-0.2, 0) is 19.1 Å². The number of aliphatic hydroxyl groups is 1. The number of rotatable bonds is 42. The number of carbonyl (C=O) groups is 2. The molecule has 0 heterocycles. The molecule has 9 heteroatoms. The molecule has 0 aromatic heterocycles. The van der Waals surface area contributed by atoms with Gasteiger partial charge in [-0.3, -0.25) is 4.79 Å². The number of nitrogens with zero attached hydrogens (tertiary/aromatic N) is 1. The van der Waals surface area contributed by atoms with E-state index in [0.717, 1.165) is 121 Å². The van der Waals surface area contributed by atoms with Crippen molar-refractivity contribution in [2.75, 3.05) is 55.4 Å². The van der Waals surface area contributed by atoms with Crippen LogP contribution in [0.1, 0.15) is 194 Å². The Morgan fingerprint density at radius 3 is 1.48 bits per heavy atom. The van der Waals surface area contributed by atoms with Gasteiger partial charge in [0, 0.05) is 6.61 Å². The largest absolute Gasteiger partial charge is 0.465 e. The highest BCUT2D eigenvalue weighted by Gasteiger charge is 2.21. The molecule has 0 aromatic carbocycles. The molecule has 0 fully saturated rings. The Morgan fingerprint density at radius 2 is 0.962 bits per heavy atom. The van der Waals surface area contributed by atoms with Crippen LogP contribution in [0.3, 0.4) is 0 Å². The van der Waals surface area contributed by atoms with Gasteiger partial charge in [0.25, 0.3) is 0 Å². The predicted octanol–water partition coefficient (Wildman–Crippen LogP) is 12.8. The number of carbonyl (C=O) groups excluding carboxylic acids is 2. The molecule has 0 bridgehead atoms. The molecule has 0 radical (unpaired) electrons. The van der Waals surface area contributed by atoms with Gasteiger partial charge in [0.2, 0.25) is 0 Å². The summed E-state index contributed by atoms with van der Waals surface area (Å²) in [5.41, 5.74) is 0. The smallest absolute Gasteiger partial charge is 0.329 e. The van der Waals surface area contributed by atoms with Crippen molar-refractivity contribution in [2.24, 2.45) is 5.92 Å². The van der Waals surface area contributed by atoms with Crippen molar-refractivity contribution in [1.29, 1.82) is 0 Å². The highest BCUT2D eigenvalue weighted by atomic mass is 127. The summed E-state index contributed by atoms with van der Waals surface area (Å²) in [6.07, 6.45) is 31.0. The Hall–Kier alpha value is 0.290. The van der Waals surface area contributed by atoms with Gasteiger partial charge >= 0.3 is 11.9 Å². The molecular formula is C43H84INO5S2. The van der Waals surface area contributed by atoms with E-state index in [9.17, 15) is 14.7 Å². The maximum absolute atomic E-state index is 13.0. The third kappa shape index (κ3) is 34.8. The van der Waals surface area contributed by atoms with E-state index in [-0.39, 0.29) is 29.0 Å². The van der Waals surface area contributed by atoms with Gasteiger partial charge < -0.3 is 19.5 Å². The average Bonchev–Trinajstić information content (AvgIpc) is 3.15. The molecule has 1 N–H and O–H groups in total. The Kier molecular flexibility index (Phi) is 42.7. The summed E-state index contributed by atoms with van der Waals surface area (Å²) in [6.45, 7) is 11.3. The fraction of sp³-hybridized carbons (Fsp3) is 0.953. The van der Waals surface area contributed by atoms with E-state index in [0.29, 0.717) is 13.2 Å². The minimum absolute atomic E-state index is 0.0264. The van der Waals surface area contributed by atoms with Crippen molar-refractivity contribution in [2.45, 2.75) is 199 Å². The van der Waals surface area contributed by atoms with Crippen LogP contribution in [0.15, 0.2) is 0 Å². The van der Waals surface area contributed by atoms with Crippen molar-refractivity contribution >= 4 is 58.1 Å². The van der Waals surface area contributed by atoms with E-state index < -0.39 is 0 Å². The van der Waals surface area contributed by atoms with Gasteiger partial charge in [-0.2, -0.15) is 0 Å². The lowest BCUT2D eigenvalue weighted by Crippen LogP contribution is -2.27. The minimum atomic E-state index is -0.0757. The zero-order chi connectivity index (χ0) is 38.2. The molecule has 0 aliphatic rings. The number of halogens is 1. The molecule has 0 amide bonds. The zero-order valence-corrected chi connectivity index (χ0v) is 38.1. The SMILES string of the molecule is CCCCCCC(CCCCCCCI)C(=O)OCCCCCCN(CCCCO)CCCCCCOC(=O)C(SCCCCC)SCCCCC. The molecule has 0 saturated carbocycles. The van der Waals surface area contributed by atoms with Crippen molar-refractivity contribution in [1.82, 2.24) is 4.90 Å². The standard InChI is InChI=1S/C43H84INO5S2/c1-4-7-10-18-29-40(30-19-12-11-13-20-31-44)41(47)49-36-25-16-14-21-32-45(34-23-24-35-46)33-22-15-17-26-37-50-42(48)43(51-38-27-8-5-2)52-39-28-9-6-3/h40,43,46H,4-39H2,1-3H3. The maximum Gasteiger partial charge on any atom is 0.329 e. The number of unbranched alkanes of at least 4 members (excludes halogenated alkanes) is 18. The van der Waals surface area contributed by atoms with Crippen molar-refractivity contribution in [3.63, 3.8) is 0 Å². The quantitative estimate of drug-likeness (QED) is 0.0214. The average molecular weight is 886 g/mol. The van der Waals surface area contributed by atoms with E-state index in [2.05, 4.69) is 48.3 Å². The van der Waals surface area contributed by atoms with Crippen molar-refractivity contribution in [3.05, 3.63) is 0 Å². The van der Waals surface area contributed by atoms with Gasteiger partial charge in [-0.05, 0) is 106 Å². The maximum atomic E-state index is 13.0. The lowest BCUT2D eigenvalue weighted by atomic mass is 9.94. The van der Waals surface area contributed by atoms with E-state index in [1.54, 1.807) is 23.5 Å². The number of hydrogen-bond acceptors (Lipinski definition) is 8. The molecule has 310 valence electrons. The fourth-order valence-electron chi connectivity index (χ4n) is 6.38. The van der Waals surface area contributed by atoms with Gasteiger partial charge in [-0.25, -0.2) is 4.79 Å². The lowest BCUT2D eigenvalue weighted by Gasteiger charge is -2.22. The molecule has 0 aromatic rings. The minimum Gasteiger partial charge on any atom is -0.465 e. The third-order valence-electron chi connectivity index (χ3n) is 9.76. The Labute approximate surface area is 345 Å². The number of alkyl halides is 1. The predicted molar refractivity (Wildman–Crippen MR) is 238 cm³/mol. The van der Waals surface area contributed by atoms with E-state index in [4.69, 9.17) is 9.47 Å². The molecular weight excluding hydrogens is 802 g/mol. The summed E-state index contributed by atoms with van der Waals surface area (Å²) in [5, 5.41) is 9.30. The molecule has 0 rings (SSSR count). The van der Waals surface area contributed by atoms with Crippen LogP contribution in [0.4, 0.5) is 0 Å². The summed E-state index contributed by atoms with van der Waals surface area (Å²) >= 11 is 6.02. The first-order valence-electron chi connectivity index (χ1n) is 22.0. The van der Waals surface area contributed by atoms with Crippen LogP contribution in [0, 0.1) is 5.92 Å². The molecule has 0 aliphatic carbocycles. The summed E-state index contributed by atoms with van der Waals surface area (Å²) in [7, 11) is 0. The molecule has 0 saturated heterocycles. The van der Waals surface area contributed by atoms with Crippen molar-refractivity contribution in [3.8, 4) is 0 Å². The number of aliphatic hydroxyl groups excluding tert-OH is 1. The number of thioether (sulfide) groups is 2. The van der Waals surface area contributed by atoms with Gasteiger partial charge in [0.15, 0.2) is 0 Å². The van der Waals surface area contributed by atoms with Crippen LogP contribution in [0.5, 0.6) is 0 Å². The van der Waals surface area contributed by atoms with Gasteiger partial charge in [-0.15, -0.1) is 23.5 Å². The lowest BCUT2D eigenvalue weighted by molar-refractivity contribution is -0.149. The number of hydrogen-bond donors (Lipinski definition) is 1. The molecule has 0 spiro atoms. The first kappa shape index (κ1) is 52.3. The first-order chi connectivity index (χ1) is 25.5. The molecule has 6 nitrogen and oxygen atoms in total. The Bertz CT molecular complexity index is 753. The molecule has 0 aliphatic heterocycles. The van der Waals surface area contributed by atoms with Gasteiger partial charge in [0.1, 0.15) is 4.58 Å². The van der Waals surface area contributed by atoms with Crippen molar-refractivity contribution < 1.29 is 24.2 Å². The fourth-order valence-corrected chi connectivity index (χ4v) is 9.46. The second-order valence-electron chi connectivity index (χ2n) is 14.7. The van der Waals surface area contributed by atoms with Crippen LogP contribution >= 0.6 is 46.1 Å². The third-order valence-corrected chi connectivity index (χ3v) is 13.4. The summed E-state index contributed by atoms with van der Waals surface area (Å²) in [6, 6.07) is 0. The number of ether oxygens (including phenoxy) is 2. The monoisotopic (exact) mass is 885 g/mol. The number of esters is 2. The molecule has 52 heavy (non-hydrogen) atoms. The summed E-state index contributed by atoms with van der Waals surface area (Å²) in [5.74, 6) is 2.19. The molecule has 1 unspecified atom stereocenters.